The molecule has 5 heteroatoms. The van der Waals surface area contributed by atoms with Crippen LogP contribution in [0.25, 0.3) is 22.0 Å². The molecule has 3 aromatic rings. The van der Waals surface area contributed by atoms with Gasteiger partial charge in [-0.2, -0.15) is 5.10 Å². The van der Waals surface area contributed by atoms with E-state index >= 15 is 0 Å². The van der Waals surface area contributed by atoms with Crippen LogP contribution in [0.2, 0.25) is 0 Å². The molecule has 0 aliphatic heterocycles. The van der Waals surface area contributed by atoms with Gasteiger partial charge in [0.05, 0.1) is 13.2 Å². The molecule has 1 heterocycles. The minimum absolute atomic E-state index is 0.659. The fourth-order valence-electron chi connectivity index (χ4n) is 4.11. The monoisotopic (exact) mass is 381 g/mol. The summed E-state index contributed by atoms with van der Waals surface area (Å²) in [7, 11) is 5.48. The van der Waals surface area contributed by atoms with Gasteiger partial charge >= 0.3 is 0 Å². The van der Waals surface area contributed by atoms with E-state index in [1.807, 2.05) is 11.7 Å². The lowest BCUT2D eigenvalue weighted by atomic mass is 9.92. The highest BCUT2D eigenvalue weighted by atomic mass is 16.5. The summed E-state index contributed by atoms with van der Waals surface area (Å²) in [5.41, 5.74) is 7.36. The number of aromatic nitrogens is 2. The van der Waals surface area contributed by atoms with Gasteiger partial charge in [-0.25, -0.2) is 0 Å². The Balaban J connectivity index is 2.16. The molecular weight excluding hydrogens is 350 g/mol. The molecule has 0 N–H and O–H groups in total. The summed E-state index contributed by atoms with van der Waals surface area (Å²) < 4.78 is 12.6. The van der Waals surface area contributed by atoms with E-state index in [1.165, 1.54) is 27.8 Å². The molecule has 28 heavy (non-hydrogen) atoms. The van der Waals surface area contributed by atoms with Crippen molar-refractivity contribution < 1.29 is 9.47 Å². The number of rotatable bonds is 8. The number of aryl methyl sites for hydroxylation is 4. The van der Waals surface area contributed by atoms with Crippen molar-refractivity contribution in [2.45, 2.75) is 20.8 Å². The van der Waals surface area contributed by atoms with Crippen LogP contribution in [0.1, 0.15) is 16.7 Å². The highest BCUT2D eigenvalue weighted by Gasteiger charge is 2.19. The highest BCUT2D eigenvalue weighted by molar-refractivity contribution is 6.01. The molecule has 0 bridgehead atoms. The standard InChI is InChI=1S/C23H31N3O2/c1-16-14-17(2)21(18(3)15-16)19-8-7-9-20-22(19)24-25(4)23(20)26(10-12-27-5)11-13-28-6/h7-9,14-15H,10-13H2,1-6H3. The molecule has 5 nitrogen and oxygen atoms in total. The second kappa shape index (κ2) is 8.76. The van der Waals surface area contributed by atoms with Gasteiger partial charge in [-0.05, 0) is 43.5 Å². The number of methoxy groups -OCH3 is 2. The summed E-state index contributed by atoms with van der Waals surface area (Å²) in [5, 5.41) is 6.08. The van der Waals surface area contributed by atoms with Crippen molar-refractivity contribution in [3.8, 4) is 11.1 Å². The van der Waals surface area contributed by atoms with Crippen molar-refractivity contribution >= 4 is 16.7 Å². The lowest BCUT2D eigenvalue weighted by molar-refractivity contribution is 0.189. The van der Waals surface area contributed by atoms with E-state index in [0.29, 0.717) is 13.2 Å². The van der Waals surface area contributed by atoms with E-state index < -0.39 is 0 Å². The number of fused-ring (bicyclic) bond motifs is 1. The number of anilines is 1. The maximum Gasteiger partial charge on any atom is 0.134 e. The molecule has 0 fully saturated rings. The normalized spacial score (nSPS) is 11.4. The summed E-state index contributed by atoms with van der Waals surface area (Å²) in [6, 6.07) is 11.0. The van der Waals surface area contributed by atoms with Crippen LogP contribution < -0.4 is 4.90 Å². The second-order valence-corrected chi connectivity index (χ2v) is 7.40. The topological polar surface area (TPSA) is 39.5 Å². The molecule has 0 atom stereocenters. The van der Waals surface area contributed by atoms with Crippen molar-refractivity contribution in [1.82, 2.24) is 9.78 Å². The molecule has 0 saturated heterocycles. The molecule has 150 valence electrons. The molecule has 0 unspecified atom stereocenters. The molecule has 0 saturated carbocycles. The molecule has 3 rings (SSSR count). The summed E-state index contributed by atoms with van der Waals surface area (Å²) in [4.78, 5) is 2.29. The van der Waals surface area contributed by atoms with Crippen LogP contribution >= 0.6 is 0 Å². The minimum Gasteiger partial charge on any atom is -0.383 e. The first-order chi connectivity index (χ1) is 13.5. The Morgan fingerprint density at radius 2 is 1.57 bits per heavy atom. The molecule has 0 aliphatic rings. The van der Waals surface area contributed by atoms with Crippen molar-refractivity contribution in [2.75, 3.05) is 45.4 Å². The van der Waals surface area contributed by atoms with Gasteiger partial charge in [0.1, 0.15) is 11.3 Å². The van der Waals surface area contributed by atoms with Crippen LogP contribution in [-0.4, -0.2) is 50.3 Å². The Labute approximate surface area is 167 Å². The number of ether oxygens (including phenoxy) is 2. The van der Waals surface area contributed by atoms with Crippen molar-refractivity contribution in [3.05, 3.63) is 47.0 Å². The van der Waals surface area contributed by atoms with Gasteiger partial charge in [0, 0.05) is 45.3 Å². The van der Waals surface area contributed by atoms with E-state index in [-0.39, 0.29) is 0 Å². The zero-order valence-corrected chi connectivity index (χ0v) is 17.9. The SMILES string of the molecule is COCCN(CCOC)c1c2cccc(-c3c(C)cc(C)cc3C)c2nn1C. The van der Waals surface area contributed by atoms with Gasteiger partial charge in [-0.1, -0.05) is 29.8 Å². The first-order valence-corrected chi connectivity index (χ1v) is 9.74. The Morgan fingerprint density at radius 1 is 0.964 bits per heavy atom. The largest absolute Gasteiger partial charge is 0.383 e. The van der Waals surface area contributed by atoms with E-state index in [0.717, 1.165) is 29.8 Å². The van der Waals surface area contributed by atoms with Crippen LogP contribution in [-0.2, 0) is 16.5 Å². The van der Waals surface area contributed by atoms with Gasteiger partial charge < -0.3 is 14.4 Å². The first kappa shape index (κ1) is 20.4. The van der Waals surface area contributed by atoms with Crippen LogP contribution in [0.4, 0.5) is 5.82 Å². The van der Waals surface area contributed by atoms with Gasteiger partial charge in [-0.3, -0.25) is 4.68 Å². The molecule has 0 aliphatic carbocycles. The minimum atomic E-state index is 0.659. The Morgan fingerprint density at radius 3 is 2.14 bits per heavy atom. The predicted molar refractivity (Wildman–Crippen MR) is 116 cm³/mol. The average Bonchev–Trinajstić information content (AvgIpc) is 2.98. The molecular formula is C23H31N3O2. The van der Waals surface area contributed by atoms with E-state index in [2.05, 4.69) is 56.0 Å². The zero-order valence-electron chi connectivity index (χ0n) is 17.9. The van der Waals surface area contributed by atoms with Gasteiger partial charge in [0.2, 0.25) is 0 Å². The zero-order chi connectivity index (χ0) is 20.3. The maximum atomic E-state index is 5.33. The quantitative estimate of drug-likeness (QED) is 0.584. The van der Waals surface area contributed by atoms with E-state index in [1.54, 1.807) is 14.2 Å². The van der Waals surface area contributed by atoms with Crippen LogP contribution in [0.15, 0.2) is 30.3 Å². The number of nitrogens with zero attached hydrogens (tertiary/aromatic N) is 3. The lowest BCUT2D eigenvalue weighted by Gasteiger charge is -2.24. The Kier molecular flexibility index (Phi) is 6.37. The lowest BCUT2D eigenvalue weighted by Crippen LogP contribution is -2.32. The van der Waals surface area contributed by atoms with Crippen LogP contribution in [0.5, 0.6) is 0 Å². The summed E-state index contributed by atoms with van der Waals surface area (Å²) in [6.45, 7) is 9.41. The smallest absolute Gasteiger partial charge is 0.134 e. The van der Waals surface area contributed by atoms with E-state index in [4.69, 9.17) is 14.6 Å². The van der Waals surface area contributed by atoms with Crippen LogP contribution in [0, 0.1) is 20.8 Å². The predicted octanol–water partition coefficient (Wildman–Crippen LogP) is 4.26. The summed E-state index contributed by atoms with van der Waals surface area (Å²) >= 11 is 0. The van der Waals surface area contributed by atoms with Gasteiger partial charge in [0.25, 0.3) is 0 Å². The molecule has 0 radical (unpaired) electrons. The third-order valence-electron chi connectivity index (χ3n) is 5.21. The number of hydrogen-bond acceptors (Lipinski definition) is 4. The van der Waals surface area contributed by atoms with Crippen LogP contribution in [0.3, 0.4) is 0 Å². The third-order valence-corrected chi connectivity index (χ3v) is 5.21. The number of hydrogen-bond donors (Lipinski definition) is 0. The van der Waals surface area contributed by atoms with Crippen molar-refractivity contribution in [1.29, 1.82) is 0 Å². The van der Waals surface area contributed by atoms with Crippen molar-refractivity contribution in [3.63, 3.8) is 0 Å². The van der Waals surface area contributed by atoms with Crippen molar-refractivity contribution in [2.24, 2.45) is 7.05 Å². The number of benzene rings is 2. The molecule has 1 aromatic heterocycles. The Hall–Kier alpha value is -2.37. The molecule has 2 aromatic carbocycles. The fraction of sp³-hybridized carbons (Fsp3) is 0.435. The Bertz CT molecular complexity index is 931. The van der Waals surface area contributed by atoms with Gasteiger partial charge in [0.15, 0.2) is 0 Å². The summed E-state index contributed by atoms with van der Waals surface area (Å²) in [6.07, 6.45) is 0. The maximum absolute atomic E-state index is 5.33. The summed E-state index contributed by atoms with van der Waals surface area (Å²) in [5.74, 6) is 1.10. The van der Waals surface area contributed by atoms with E-state index in [9.17, 15) is 0 Å². The molecule has 0 amide bonds. The first-order valence-electron chi connectivity index (χ1n) is 9.74. The third kappa shape index (κ3) is 3.91. The van der Waals surface area contributed by atoms with Gasteiger partial charge in [-0.15, -0.1) is 0 Å². The average molecular weight is 382 g/mol. The fourth-order valence-corrected chi connectivity index (χ4v) is 4.11. The molecule has 0 spiro atoms. The highest BCUT2D eigenvalue weighted by Crippen LogP contribution is 2.36. The second-order valence-electron chi connectivity index (χ2n) is 7.40.